The number of carbonyl (C=O) groups excluding carboxylic acids is 8. The van der Waals surface area contributed by atoms with Crippen LogP contribution in [-0.4, -0.2) is 84.6 Å². The number of esters is 4. The molecule has 0 saturated heterocycles. The van der Waals surface area contributed by atoms with Crippen molar-refractivity contribution in [3.8, 4) is 0 Å². The van der Waals surface area contributed by atoms with Crippen molar-refractivity contribution < 1.29 is 62.0 Å². The number of methoxy groups -OCH3 is 1. The first-order valence-electron chi connectivity index (χ1n) is 23.2. The SMILES string of the molecule is COC(=O)[C@H](CC(=O)OCc1ccccc1)NC(=O)[C@H](CC(=O)OCc1ccccc1)NC(=O)[C@H](CC(=O)OCc1ccccc1)NC(=O)[C@H](Cc1ccc(N=Nc2ccccc2)cc1)NC(=O)OC(C)(C)C. The molecule has 382 valence electrons. The highest BCUT2D eigenvalue weighted by atomic mass is 16.6. The van der Waals surface area contributed by atoms with Crippen molar-refractivity contribution >= 4 is 59.1 Å². The molecule has 0 heterocycles. The number of alkyl carbamates (subject to hydrolysis) is 1. The molecule has 0 aliphatic heterocycles. The minimum absolute atomic E-state index is 0.142. The Bertz CT molecular complexity index is 2650. The van der Waals surface area contributed by atoms with Crippen LogP contribution in [0.3, 0.4) is 0 Å². The van der Waals surface area contributed by atoms with Crippen LogP contribution in [0, 0.1) is 0 Å². The van der Waals surface area contributed by atoms with E-state index >= 15 is 0 Å². The Morgan fingerprint density at radius 3 is 1.19 bits per heavy atom. The van der Waals surface area contributed by atoms with Crippen molar-refractivity contribution in [2.45, 2.75) is 96.0 Å². The van der Waals surface area contributed by atoms with Crippen LogP contribution < -0.4 is 21.3 Å². The van der Waals surface area contributed by atoms with Gasteiger partial charge in [-0.25, -0.2) is 9.59 Å². The Kier molecular flexibility index (Phi) is 21.3. The average molecular weight is 999 g/mol. The molecule has 0 aromatic heterocycles. The highest BCUT2D eigenvalue weighted by Crippen LogP contribution is 2.20. The third kappa shape index (κ3) is 20.3. The fraction of sp³-hybridized carbons (Fsp3) is 0.296. The van der Waals surface area contributed by atoms with Gasteiger partial charge < -0.3 is 45.0 Å². The minimum atomic E-state index is -1.85. The molecule has 0 radical (unpaired) electrons. The van der Waals surface area contributed by atoms with Crippen LogP contribution in [0.4, 0.5) is 16.2 Å². The second kappa shape index (κ2) is 28.2. The molecule has 5 rings (SSSR count). The number of benzene rings is 5. The topological polar surface area (TPSA) is 256 Å². The van der Waals surface area contributed by atoms with Crippen LogP contribution in [0.5, 0.6) is 0 Å². The summed E-state index contributed by atoms with van der Waals surface area (Å²) in [6.07, 6.45) is -3.48. The molecule has 0 saturated carbocycles. The Labute approximate surface area is 422 Å². The van der Waals surface area contributed by atoms with Gasteiger partial charge in [0.05, 0.1) is 37.7 Å². The lowest BCUT2D eigenvalue weighted by atomic mass is 10.0. The number of azo groups is 1. The largest absolute Gasteiger partial charge is 0.467 e. The third-order valence-electron chi connectivity index (χ3n) is 10.3. The quantitative estimate of drug-likeness (QED) is 0.0290. The van der Waals surface area contributed by atoms with Crippen molar-refractivity contribution in [2.24, 2.45) is 10.2 Å². The Balaban J connectivity index is 1.41. The van der Waals surface area contributed by atoms with Gasteiger partial charge in [-0.3, -0.25) is 28.8 Å². The van der Waals surface area contributed by atoms with Gasteiger partial charge in [-0.2, -0.15) is 10.2 Å². The summed E-state index contributed by atoms with van der Waals surface area (Å²) in [5, 5.41) is 18.3. The van der Waals surface area contributed by atoms with Crippen molar-refractivity contribution in [3.63, 3.8) is 0 Å². The van der Waals surface area contributed by atoms with E-state index in [0.717, 1.165) is 7.11 Å². The van der Waals surface area contributed by atoms with Crippen LogP contribution in [0.1, 0.15) is 62.3 Å². The fourth-order valence-electron chi connectivity index (χ4n) is 6.67. The van der Waals surface area contributed by atoms with Crippen molar-refractivity contribution in [1.82, 2.24) is 21.3 Å². The van der Waals surface area contributed by atoms with Gasteiger partial charge in [-0.1, -0.05) is 121 Å². The number of nitrogens with zero attached hydrogens (tertiary/aromatic N) is 2. The van der Waals surface area contributed by atoms with Gasteiger partial charge in [0.25, 0.3) is 0 Å². The number of hydrogen-bond acceptors (Lipinski definition) is 15. The second-order valence-corrected chi connectivity index (χ2v) is 17.4. The molecule has 0 aliphatic carbocycles. The van der Waals surface area contributed by atoms with E-state index in [1.165, 1.54) is 0 Å². The molecule has 4 amide bonds. The number of rotatable bonds is 24. The molecule has 19 nitrogen and oxygen atoms in total. The maximum absolute atomic E-state index is 14.5. The molecule has 0 aliphatic rings. The number of carbonyl (C=O) groups is 8. The summed E-state index contributed by atoms with van der Waals surface area (Å²) >= 11 is 0. The average Bonchev–Trinajstić information content (AvgIpc) is 3.38. The van der Waals surface area contributed by atoms with Crippen LogP contribution in [0.2, 0.25) is 0 Å². The van der Waals surface area contributed by atoms with Crippen molar-refractivity contribution in [2.75, 3.05) is 7.11 Å². The van der Waals surface area contributed by atoms with E-state index in [0.29, 0.717) is 33.6 Å². The Hall–Kier alpha value is -8.74. The number of ether oxygens (including phenoxy) is 5. The molecule has 5 aromatic carbocycles. The molecule has 0 unspecified atom stereocenters. The lowest BCUT2D eigenvalue weighted by Gasteiger charge is -2.26. The highest BCUT2D eigenvalue weighted by Gasteiger charge is 2.35. The summed E-state index contributed by atoms with van der Waals surface area (Å²) in [7, 11) is 1.03. The van der Waals surface area contributed by atoms with E-state index in [1.54, 1.807) is 148 Å². The zero-order valence-corrected chi connectivity index (χ0v) is 40.8. The number of nitrogens with one attached hydrogen (secondary N) is 4. The summed E-state index contributed by atoms with van der Waals surface area (Å²) in [4.78, 5) is 109. The summed E-state index contributed by atoms with van der Waals surface area (Å²) in [5.74, 6) is -7.15. The first-order chi connectivity index (χ1) is 35.0. The molecular weight excluding hydrogens is 941 g/mol. The molecule has 5 aromatic rings. The molecule has 4 atom stereocenters. The summed E-state index contributed by atoms with van der Waals surface area (Å²) in [6, 6.07) is 34.8. The normalized spacial score (nSPS) is 12.7. The summed E-state index contributed by atoms with van der Waals surface area (Å²) < 4.78 is 26.5. The molecule has 73 heavy (non-hydrogen) atoms. The lowest BCUT2D eigenvalue weighted by Crippen LogP contribution is -2.59. The van der Waals surface area contributed by atoms with Crippen LogP contribution in [-0.2, 0) is 83.5 Å². The van der Waals surface area contributed by atoms with Crippen molar-refractivity contribution in [1.29, 1.82) is 0 Å². The molecule has 19 heteroatoms. The van der Waals surface area contributed by atoms with Crippen LogP contribution in [0.15, 0.2) is 156 Å². The predicted octanol–water partition coefficient (Wildman–Crippen LogP) is 6.57. The standard InChI is InChI=1S/C54H58N6O13/c1-54(2,3)73-53(68)58-42(29-36-25-27-41(28-26-36)60-59-40-23-15-8-16-24-40)49(64)55-43(30-46(61)70-33-37-17-9-5-10-18-37)50(65)56-44(31-47(62)71-34-38-19-11-6-12-20-38)51(66)57-45(52(67)69-4)32-48(63)72-35-39-21-13-7-14-22-39/h5-28,42-45H,29-35H2,1-4H3,(H,55,64)(H,56,65)(H,57,66)(H,58,68)/t42-,43-,44-,45-/m0/s1. The van der Waals surface area contributed by atoms with Gasteiger partial charge in [0.1, 0.15) is 49.6 Å². The van der Waals surface area contributed by atoms with Crippen LogP contribution in [0.25, 0.3) is 0 Å². The van der Waals surface area contributed by atoms with E-state index in [2.05, 4.69) is 31.5 Å². The van der Waals surface area contributed by atoms with Gasteiger partial charge >= 0.3 is 30.0 Å². The van der Waals surface area contributed by atoms with Crippen molar-refractivity contribution in [3.05, 3.63) is 168 Å². The predicted molar refractivity (Wildman–Crippen MR) is 264 cm³/mol. The lowest BCUT2D eigenvalue weighted by molar-refractivity contribution is -0.153. The summed E-state index contributed by atoms with van der Waals surface area (Å²) in [6.45, 7) is 4.32. The van der Waals surface area contributed by atoms with Gasteiger partial charge in [-0.15, -0.1) is 0 Å². The Morgan fingerprint density at radius 2 is 0.795 bits per heavy atom. The van der Waals surface area contributed by atoms with E-state index in [9.17, 15) is 38.4 Å². The molecule has 0 fully saturated rings. The fourth-order valence-corrected chi connectivity index (χ4v) is 6.67. The zero-order valence-electron chi connectivity index (χ0n) is 40.8. The smallest absolute Gasteiger partial charge is 0.408 e. The molecule has 0 bridgehead atoms. The third-order valence-corrected chi connectivity index (χ3v) is 10.3. The van der Waals surface area contributed by atoms with E-state index < -0.39 is 96.7 Å². The minimum Gasteiger partial charge on any atom is -0.467 e. The zero-order chi connectivity index (χ0) is 52.6. The number of hydrogen-bond donors (Lipinski definition) is 4. The summed E-state index contributed by atoms with van der Waals surface area (Å²) in [5.41, 5.74) is 2.55. The van der Waals surface area contributed by atoms with Gasteiger partial charge in [0.2, 0.25) is 17.7 Å². The van der Waals surface area contributed by atoms with Gasteiger partial charge in [0, 0.05) is 6.42 Å². The molecule has 0 spiro atoms. The van der Waals surface area contributed by atoms with Gasteiger partial charge in [-0.05, 0) is 67.3 Å². The maximum Gasteiger partial charge on any atom is 0.408 e. The maximum atomic E-state index is 14.5. The van der Waals surface area contributed by atoms with E-state index in [4.69, 9.17) is 23.7 Å². The molecular formula is C54H58N6O13. The van der Waals surface area contributed by atoms with Crippen LogP contribution >= 0.6 is 0 Å². The highest BCUT2D eigenvalue weighted by molar-refractivity contribution is 5.98. The monoisotopic (exact) mass is 998 g/mol. The van der Waals surface area contributed by atoms with Gasteiger partial charge in [0.15, 0.2) is 0 Å². The second-order valence-electron chi connectivity index (χ2n) is 17.4. The first-order valence-corrected chi connectivity index (χ1v) is 23.2. The van der Waals surface area contributed by atoms with E-state index in [1.807, 2.05) is 18.2 Å². The Morgan fingerprint density at radius 1 is 0.438 bits per heavy atom. The number of amides is 4. The molecule has 4 N–H and O–H groups in total. The van der Waals surface area contributed by atoms with E-state index in [-0.39, 0.29) is 26.2 Å². The first kappa shape index (κ1) is 55.2.